The highest BCUT2D eigenvalue weighted by molar-refractivity contribution is 5.04. The minimum absolute atomic E-state index is 0.304. The van der Waals surface area contributed by atoms with Crippen LogP contribution in [0.2, 0.25) is 0 Å². The Morgan fingerprint density at radius 1 is 1.42 bits per heavy atom. The lowest BCUT2D eigenvalue weighted by Crippen LogP contribution is -2.29. The van der Waals surface area contributed by atoms with E-state index in [-0.39, 0.29) is 5.60 Å². The van der Waals surface area contributed by atoms with Gasteiger partial charge >= 0.3 is 0 Å². The van der Waals surface area contributed by atoms with Crippen molar-refractivity contribution in [1.29, 1.82) is 0 Å². The van der Waals surface area contributed by atoms with Crippen LogP contribution in [0.5, 0.6) is 0 Å². The fraction of sp³-hybridized carbons (Fsp3) is 0.857. The second-order valence-electron chi connectivity index (χ2n) is 5.48. The van der Waals surface area contributed by atoms with Gasteiger partial charge in [0, 0.05) is 19.6 Å². The summed E-state index contributed by atoms with van der Waals surface area (Å²) >= 11 is 0. The first-order valence-corrected chi connectivity index (χ1v) is 7.32. The molecule has 0 bridgehead atoms. The zero-order chi connectivity index (χ0) is 13.7. The minimum Gasteiger partial charge on any atom is -0.370 e. The minimum atomic E-state index is -0.304. The Morgan fingerprint density at radius 2 is 2.16 bits per heavy atom. The Kier molecular flexibility index (Phi) is 4.93. The molecule has 1 heterocycles. The molecule has 1 N–H and O–H groups in total. The van der Waals surface area contributed by atoms with Crippen LogP contribution < -0.4 is 5.32 Å². The van der Waals surface area contributed by atoms with Gasteiger partial charge < -0.3 is 14.6 Å². The molecular formula is C14H25N3O2. The predicted molar refractivity (Wildman–Crippen MR) is 72.9 cm³/mol. The Labute approximate surface area is 115 Å². The zero-order valence-corrected chi connectivity index (χ0v) is 12.2. The van der Waals surface area contributed by atoms with Crippen LogP contribution in [0.3, 0.4) is 0 Å². The van der Waals surface area contributed by atoms with Crippen molar-refractivity contribution in [3.8, 4) is 0 Å². The quantitative estimate of drug-likeness (QED) is 0.822. The van der Waals surface area contributed by atoms with E-state index in [1.165, 1.54) is 12.8 Å². The second kappa shape index (κ2) is 6.48. The van der Waals surface area contributed by atoms with Crippen LogP contribution in [0.15, 0.2) is 4.52 Å². The maximum absolute atomic E-state index is 5.67. The van der Waals surface area contributed by atoms with Gasteiger partial charge in [-0.3, -0.25) is 0 Å². The molecule has 2 rings (SSSR count). The summed E-state index contributed by atoms with van der Waals surface area (Å²) in [6, 6.07) is 0.357. The largest absolute Gasteiger partial charge is 0.370 e. The van der Waals surface area contributed by atoms with Gasteiger partial charge in [0.15, 0.2) is 0 Å². The molecular weight excluding hydrogens is 242 g/mol. The predicted octanol–water partition coefficient (Wildman–Crippen LogP) is 2.42. The van der Waals surface area contributed by atoms with Gasteiger partial charge in [0.2, 0.25) is 11.7 Å². The van der Waals surface area contributed by atoms with Crippen molar-refractivity contribution >= 4 is 0 Å². The van der Waals surface area contributed by atoms with E-state index in [9.17, 15) is 0 Å². The molecule has 1 aliphatic rings. The number of ether oxygens (including phenoxy) is 1. The van der Waals surface area contributed by atoms with Crippen LogP contribution in [0.4, 0.5) is 0 Å². The molecule has 5 nitrogen and oxygen atoms in total. The van der Waals surface area contributed by atoms with E-state index in [0.717, 1.165) is 38.1 Å². The molecule has 1 saturated carbocycles. The highest BCUT2D eigenvalue weighted by atomic mass is 16.5. The van der Waals surface area contributed by atoms with Crippen molar-refractivity contribution < 1.29 is 9.26 Å². The van der Waals surface area contributed by atoms with Crippen LogP contribution in [0.25, 0.3) is 0 Å². The van der Waals surface area contributed by atoms with Crippen molar-refractivity contribution in [3.63, 3.8) is 0 Å². The van der Waals surface area contributed by atoms with Gasteiger partial charge in [0.25, 0.3) is 0 Å². The summed E-state index contributed by atoms with van der Waals surface area (Å²) in [6.45, 7) is 5.32. The normalized spacial score (nSPS) is 19.7. The molecule has 0 saturated heterocycles. The van der Waals surface area contributed by atoms with Crippen molar-refractivity contribution in [2.75, 3.05) is 13.7 Å². The average molecular weight is 267 g/mol. The monoisotopic (exact) mass is 267 g/mol. The van der Waals surface area contributed by atoms with Gasteiger partial charge in [-0.05, 0) is 45.6 Å². The van der Waals surface area contributed by atoms with E-state index in [2.05, 4.69) is 29.3 Å². The summed E-state index contributed by atoms with van der Waals surface area (Å²) in [5.41, 5.74) is -0.304. The third-order valence-corrected chi connectivity index (χ3v) is 3.90. The molecule has 1 atom stereocenters. The molecule has 1 aromatic rings. The molecule has 1 aromatic heterocycles. The van der Waals surface area contributed by atoms with Crippen molar-refractivity contribution in [2.24, 2.45) is 0 Å². The highest BCUT2D eigenvalue weighted by Gasteiger charge is 2.40. The van der Waals surface area contributed by atoms with Gasteiger partial charge in [-0.2, -0.15) is 4.98 Å². The summed E-state index contributed by atoms with van der Waals surface area (Å²) in [5, 5.41) is 7.56. The van der Waals surface area contributed by atoms with Crippen molar-refractivity contribution in [3.05, 3.63) is 11.7 Å². The third-order valence-electron chi connectivity index (χ3n) is 3.90. The first-order valence-electron chi connectivity index (χ1n) is 7.32. The van der Waals surface area contributed by atoms with E-state index in [4.69, 9.17) is 9.26 Å². The van der Waals surface area contributed by atoms with E-state index >= 15 is 0 Å². The number of aromatic nitrogens is 2. The SMILES string of the molecule is CCCNC(C)Cc1nc(C2(OC)CCCC2)no1. The molecule has 0 aliphatic heterocycles. The van der Waals surface area contributed by atoms with Gasteiger partial charge in [-0.25, -0.2) is 0 Å². The number of hydrogen-bond donors (Lipinski definition) is 1. The molecule has 1 unspecified atom stereocenters. The Morgan fingerprint density at radius 3 is 2.79 bits per heavy atom. The molecule has 1 aliphatic carbocycles. The van der Waals surface area contributed by atoms with Gasteiger partial charge in [0.1, 0.15) is 5.60 Å². The van der Waals surface area contributed by atoms with E-state index in [1.54, 1.807) is 7.11 Å². The fourth-order valence-corrected chi connectivity index (χ4v) is 2.71. The van der Waals surface area contributed by atoms with Crippen molar-refractivity contribution in [1.82, 2.24) is 15.5 Å². The summed E-state index contributed by atoms with van der Waals surface area (Å²) in [6.07, 6.45) is 6.23. The van der Waals surface area contributed by atoms with Crippen molar-refractivity contribution in [2.45, 2.75) is 64.0 Å². The number of nitrogens with one attached hydrogen (secondary N) is 1. The Balaban J connectivity index is 1.98. The van der Waals surface area contributed by atoms with Gasteiger partial charge in [0.05, 0.1) is 0 Å². The van der Waals surface area contributed by atoms with Crippen LogP contribution in [-0.4, -0.2) is 29.8 Å². The Bertz CT molecular complexity index is 386. The van der Waals surface area contributed by atoms with Crippen LogP contribution >= 0.6 is 0 Å². The lowest BCUT2D eigenvalue weighted by molar-refractivity contribution is -0.0178. The standard InChI is InChI=1S/C14H25N3O2/c1-4-9-15-11(2)10-12-16-13(17-19-12)14(18-3)7-5-6-8-14/h11,15H,4-10H2,1-3H3. The summed E-state index contributed by atoms with van der Waals surface area (Å²) in [4.78, 5) is 4.54. The van der Waals surface area contributed by atoms with Gasteiger partial charge in [-0.1, -0.05) is 12.1 Å². The van der Waals surface area contributed by atoms with E-state index in [1.807, 2.05) is 0 Å². The maximum atomic E-state index is 5.67. The molecule has 0 spiro atoms. The first kappa shape index (κ1) is 14.5. The summed E-state index contributed by atoms with van der Waals surface area (Å²) in [7, 11) is 1.74. The lowest BCUT2D eigenvalue weighted by atomic mass is 10.0. The molecule has 0 aromatic carbocycles. The summed E-state index contributed by atoms with van der Waals surface area (Å²) in [5.74, 6) is 1.43. The number of hydrogen-bond acceptors (Lipinski definition) is 5. The molecule has 0 amide bonds. The topological polar surface area (TPSA) is 60.2 Å². The number of methoxy groups -OCH3 is 1. The first-order chi connectivity index (χ1) is 9.20. The van der Waals surface area contributed by atoms with Crippen LogP contribution in [0.1, 0.15) is 57.7 Å². The van der Waals surface area contributed by atoms with Gasteiger partial charge in [-0.15, -0.1) is 0 Å². The zero-order valence-electron chi connectivity index (χ0n) is 12.2. The fourth-order valence-electron chi connectivity index (χ4n) is 2.71. The molecule has 108 valence electrons. The molecule has 1 fully saturated rings. The van der Waals surface area contributed by atoms with Crippen LogP contribution in [0, 0.1) is 0 Å². The third kappa shape index (κ3) is 3.34. The number of nitrogens with zero attached hydrogens (tertiary/aromatic N) is 2. The lowest BCUT2D eigenvalue weighted by Gasteiger charge is -2.22. The smallest absolute Gasteiger partial charge is 0.228 e. The van der Waals surface area contributed by atoms with E-state index in [0.29, 0.717) is 11.9 Å². The van der Waals surface area contributed by atoms with Crippen LogP contribution in [-0.2, 0) is 16.8 Å². The average Bonchev–Trinajstić information content (AvgIpc) is 3.05. The maximum Gasteiger partial charge on any atom is 0.228 e. The Hall–Kier alpha value is -0.940. The number of rotatable bonds is 7. The summed E-state index contributed by atoms with van der Waals surface area (Å²) < 4.78 is 11.0. The second-order valence-corrected chi connectivity index (χ2v) is 5.48. The molecule has 0 radical (unpaired) electrons. The highest BCUT2D eigenvalue weighted by Crippen LogP contribution is 2.40. The van der Waals surface area contributed by atoms with E-state index < -0.39 is 0 Å². The molecule has 19 heavy (non-hydrogen) atoms. The molecule has 5 heteroatoms.